The number of likely N-dealkylation sites (tertiary alicyclic amines) is 1. The highest BCUT2D eigenvalue weighted by atomic mass is 16.2. The number of aryl methyl sites for hydroxylation is 1. The van der Waals surface area contributed by atoms with E-state index in [0.717, 1.165) is 27.7 Å². The van der Waals surface area contributed by atoms with Crippen LogP contribution in [-0.2, 0) is 17.8 Å². The number of para-hydroxylation sites is 1. The summed E-state index contributed by atoms with van der Waals surface area (Å²) in [6.45, 7) is 3.26. The fraction of sp³-hybridized carbons (Fsp3) is 0.233. The lowest BCUT2D eigenvalue weighted by Gasteiger charge is -2.27. The zero-order valence-electron chi connectivity index (χ0n) is 21.5. The number of hydrogen-bond acceptors (Lipinski definition) is 6. The van der Waals surface area contributed by atoms with Crippen LogP contribution in [0.4, 0.5) is 4.79 Å². The summed E-state index contributed by atoms with van der Waals surface area (Å²) in [5, 5.41) is 9.26. The second-order valence-electron chi connectivity index (χ2n) is 10.2. The summed E-state index contributed by atoms with van der Waals surface area (Å²) in [5.74, 6) is -0.721. The van der Waals surface area contributed by atoms with Gasteiger partial charge in [0, 0.05) is 48.7 Å². The minimum absolute atomic E-state index is 0.288. The van der Waals surface area contributed by atoms with Gasteiger partial charge in [-0.25, -0.2) is 4.79 Å². The summed E-state index contributed by atoms with van der Waals surface area (Å²) >= 11 is 0. The Hall–Kier alpha value is -4.63. The standard InChI is InChI=1S/C30H28N6O3/c1-19-14-23(24-4-2-3-5-25(24)32-19)15-20-6-8-22(9-7-20)27(37)33-26-17-36(16-21-10-12-31-13-11-21)18-30(26)28(38)34-29(39)35-30/h2-14,26H,15-18H2,1H3,(H,33,37)(H2,34,35,38,39). The summed E-state index contributed by atoms with van der Waals surface area (Å²) in [4.78, 5) is 49.0. The molecule has 9 heteroatoms. The number of pyridine rings is 2. The van der Waals surface area contributed by atoms with Crippen LogP contribution in [-0.4, -0.2) is 57.4 Å². The molecule has 2 saturated heterocycles. The van der Waals surface area contributed by atoms with E-state index in [1.54, 1.807) is 24.5 Å². The molecule has 2 aliphatic heterocycles. The number of aromatic nitrogens is 2. The number of carbonyl (C=O) groups is 3. The number of imide groups is 1. The van der Waals surface area contributed by atoms with Crippen LogP contribution in [0.3, 0.4) is 0 Å². The molecule has 0 radical (unpaired) electrons. The normalized spacial score (nSPS) is 20.8. The Morgan fingerprint density at radius 3 is 2.56 bits per heavy atom. The van der Waals surface area contributed by atoms with Gasteiger partial charge >= 0.3 is 6.03 Å². The molecule has 4 heterocycles. The van der Waals surface area contributed by atoms with Crippen molar-refractivity contribution >= 4 is 28.7 Å². The van der Waals surface area contributed by atoms with E-state index >= 15 is 0 Å². The average molecular weight is 521 g/mol. The minimum Gasteiger partial charge on any atom is -0.345 e. The van der Waals surface area contributed by atoms with Crippen LogP contribution in [0.15, 0.2) is 79.1 Å². The van der Waals surface area contributed by atoms with Crippen LogP contribution < -0.4 is 16.0 Å². The number of rotatable bonds is 6. The van der Waals surface area contributed by atoms with E-state index in [-0.39, 0.29) is 12.5 Å². The van der Waals surface area contributed by atoms with Gasteiger partial charge in [0.05, 0.1) is 11.6 Å². The van der Waals surface area contributed by atoms with Gasteiger partial charge in [-0.1, -0.05) is 30.3 Å². The largest absolute Gasteiger partial charge is 0.345 e. The Morgan fingerprint density at radius 1 is 1.05 bits per heavy atom. The van der Waals surface area contributed by atoms with Gasteiger partial charge in [0.2, 0.25) is 0 Å². The van der Waals surface area contributed by atoms with E-state index in [4.69, 9.17) is 0 Å². The number of fused-ring (bicyclic) bond motifs is 1. The Kier molecular flexibility index (Phi) is 6.28. The molecular formula is C30H28N6O3. The van der Waals surface area contributed by atoms with Crippen molar-refractivity contribution < 1.29 is 14.4 Å². The maximum atomic E-state index is 13.3. The SMILES string of the molecule is Cc1cc(Cc2ccc(C(=O)NC3CN(Cc4ccncc4)CC34NC(=O)NC4=O)cc2)c2ccccc2n1. The van der Waals surface area contributed by atoms with E-state index in [9.17, 15) is 14.4 Å². The van der Waals surface area contributed by atoms with E-state index < -0.39 is 23.5 Å². The highest BCUT2D eigenvalue weighted by Gasteiger charge is 2.57. The first-order valence-corrected chi connectivity index (χ1v) is 12.9. The summed E-state index contributed by atoms with van der Waals surface area (Å²) < 4.78 is 0. The quantitative estimate of drug-likeness (QED) is 0.337. The third-order valence-corrected chi connectivity index (χ3v) is 7.48. The fourth-order valence-electron chi connectivity index (χ4n) is 5.62. The molecule has 9 nitrogen and oxygen atoms in total. The Balaban J connectivity index is 1.18. The first kappa shape index (κ1) is 24.7. The third kappa shape index (κ3) is 4.84. The zero-order valence-corrected chi connectivity index (χ0v) is 21.5. The highest BCUT2D eigenvalue weighted by Crippen LogP contribution is 2.27. The predicted octanol–water partition coefficient (Wildman–Crippen LogP) is 2.72. The number of amides is 4. The van der Waals surface area contributed by atoms with E-state index in [1.807, 2.05) is 49.4 Å². The van der Waals surface area contributed by atoms with Gasteiger partial charge < -0.3 is 10.6 Å². The van der Waals surface area contributed by atoms with Gasteiger partial charge in [-0.3, -0.25) is 29.8 Å². The molecule has 39 heavy (non-hydrogen) atoms. The summed E-state index contributed by atoms with van der Waals surface area (Å²) in [6.07, 6.45) is 4.15. The number of urea groups is 1. The number of hydrogen-bond donors (Lipinski definition) is 3. The number of carbonyl (C=O) groups excluding carboxylic acids is 3. The van der Waals surface area contributed by atoms with Gasteiger partial charge in [-0.2, -0.15) is 0 Å². The van der Waals surface area contributed by atoms with Gasteiger partial charge in [-0.05, 0) is 66.4 Å². The van der Waals surface area contributed by atoms with Crippen LogP contribution >= 0.6 is 0 Å². The molecule has 2 aliphatic rings. The average Bonchev–Trinajstić information content (AvgIpc) is 3.41. The maximum absolute atomic E-state index is 13.3. The zero-order chi connectivity index (χ0) is 27.0. The van der Waals surface area contributed by atoms with Crippen molar-refractivity contribution in [2.45, 2.75) is 31.5 Å². The van der Waals surface area contributed by atoms with Crippen molar-refractivity contribution in [1.29, 1.82) is 0 Å². The number of nitrogens with zero attached hydrogens (tertiary/aromatic N) is 3. The second kappa shape index (κ2) is 9.92. The van der Waals surface area contributed by atoms with Crippen molar-refractivity contribution in [2.24, 2.45) is 0 Å². The number of nitrogens with one attached hydrogen (secondary N) is 3. The monoisotopic (exact) mass is 520 g/mol. The van der Waals surface area contributed by atoms with Crippen LogP contribution in [0.2, 0.25) is 0 Å². The van der Waals surface area contributed by atoms with E-state index in [1.165, 1.54) is 5.56 Å². The fourth-order valence-corrected chi connectivity index (χ4v) is 5.62. The molecule has 4 amide bonds. The van der Waals surface area contributed by atoms with Crippen molar-refractivity contribution in [1.82, 2.24) is 30.8 Å². The maximum Gasteiger partial charge on any atom is 0.322 e. The molecule has 2 fully saturated rings. The first-order chi connectivity index (χ1) is 18.9. The second-order valence-corrected chi connectivity index (χ2v) is 10.2. The van der Waals surface area contributed by atoms with Crippen molar-refractivity contribution in [3.05, 3.63) is 107 Å². The molecule has 2 aromatic carbocycles. The van der Waals surface area contributed by atoms with Gasteiger partial charge in [-0.15, -0.1) is 0 Å². The van der Waals surface area contributed by atoms with E-state index in [0.29, 0.717) is 25.1 Å². The van der Waals surface area contributed by atoms with Crippen LogP contribution in [0.25, 0.3) is 10.9 Å². The molecule has 2 atom stereocenters. The molecular weight excluding hydrogens is 492 g/mol. The molecule has 0 bridgehead atoms. The molecule has 0 aliphatic carbocycles. The summed E-state index contributed by atoms with van der Waals surface area (Å²) in [5.41, 5.74) is 4.49. The lowest BCUT2D eigenvalue weighted by Crippen LogP contribution is -2.62. The van der Waals surface area contributed by atoms with E-state index in [2.05, 4.69) is 43.0 Å². The molecule has 4 aromatic rings. The Morgan fingerprint density at radius 2 is 1.82 bits per heavy atom. The lowest BCUT2D eigenvalue weighted by molar-refractivity contribution is -0.124. The lowest BCUT2D eigenvalue weighted by atomic mass is 9.93. The number of benzene rings is 2. The molecule has 1 spiro atoms. The van der Waals surface area contributed by atoms with Gasteiger partial charge in [0.1, 0.15) is 0 Å². The molecule has 0 saturated carbocycles. The molecule has 3 N–H and O–H groups in total. The Bertz CT molecular complexity index is 1570. The summed E-state index contributed by atoms with van der Waals surface area (Å²) in [6, 6.07) is 20.3. The molecule has 196 valence electrons. The highest BCUT2D eigenvalue weighted by molar-refractivity contribution is 6.08. The smallest absolute Gasteiger partial charge is 0.322 e. The third-order valence-electron chi connectivity index (χ3n) is 7.48. The predicted molar refractivity (Wildman–Crippen MR) is 146 cm³/mol. The Labute approximate surface area is 225 Å². The molecule has 6 rings (SSSR count). The minimum atomic E-state index is -1.22. The first-order valence-electron chi connectivity index (χ1n) is 12.9. The van der Waals surface area contributed by atoms with Crippen LogP contribution in [0, 0.1) is 6.92 Å². The van der Waals surface area contributed by atoms with Crippen LogP contribution in [0.1, 0.15) is 32.7 Å². The van der Waals surface area contributed by atoms with Crippen molar-refractivity contribution in [3.8, 4) is 0 Å². The van der Waals surface area contributed by atoms with Crippen LogP contribution in [0.5, 0.6) is 0 Å². The summed E-state index contributed by atoms with van der Waals surface area (Å²) in [7, 11) is 0. The van der Waals surface area contributed by atoms with Crippen molar-refractivity contribution in [2.75, 3.05) is 13.1 Å². The van der Waals surface area contributed by atoms with Crippen molar-refractivity contribution in [3.63, 3.8) is 0 Å². The molecule has 2 unspecified atom stereocenters. The van der Waals surface area contributed by atoms with Gasteiger partial charge in [0.25, 0.3) is 11.8 Å². The topological polar surface area (TPSA) is 116 Å². The molecule has 2 aromatic heterocycles. The van der Waals surface area contributed by atoms with Gasteiger partial charge in [0.15, 0.2) is 5.54 Å².